The minimum absolute atomic E-state index is 0.0359. The summed E-state index contributed by atoms with van der Waals surface area (Å²) in [6.45, 7) is 0.249. The van der Waals surface area contributed by atoms with Gasteiger partial charge in [-0.05, 0) is 6.42 Å². The summed E-state index contributed by atoms with van der Waals surface area (Å²) < 4.78 is 36.6. The highest BCUT2D eigenvalue weighted by Gasteiger charge is 2.47. The summed E-state index contributed by atoms with van der Waals surface area (Å²) in [5, 5.41) is 10.4. The second kappa shape index (κ2) is 3.47. The molecular formula is C7H9F3N2O2. The number of carbonyl (C=O) groups excluding carboxylic acids is 1. The average molecular weight is 210 g/mol. The lowest BCUT2D eigenvalue weighted by molar-refractivity contribution is -0.129. The van der Waals surface area contributed by atoms with E-state index >= 15 is 0 Å². The summed E-state index contributed by atoms with van der Waals surface area (Å²) in [6, 6.07) is 0. The molecule has 1 aliphatic heterocycles. The fourth-order valence-corrected chi connectivity index (χ4v) is 1.40. The van der Waals surface area contributed by atoms with Gasteiger partial charge in [-0.2, -0.15) is 13.2 Å². The molecule has 0 radical (unpaired) electrons. The first-order valence-electron chi connectivity index (χ1n) is 3.92. The van der Waals surface area contributed by atoms with Crippen LogP contribution in [-0.4, -0.2) is 41.5 Å². The fraction of sp³-hybridized carbons (Fsp3) is 0.714. The van der Waals surface area contributed by atoms with Crippen molar-refractivity contribution in [2.45, 2.75) is 12.6 Å². The van der Waals surface area contributed by atoms with E-state index in [0.29, 0.717) is 0 Å². The van der Waals surface area contributed by atoms with Crippen molar-refractivity contribution < 1.29 is 23.2 Å². The zero-order chi connectivity index (χ0) is 10.9. The smallest absolute Gasteiger partial charge is 0.411 e. The van der Waals surface area contributed by atoms with E-state index in [9.17, 15) is 18.0 Å². The molecule has 0 saturated carbocycles. The largest absolute Gasteiger partial charge is 0.433 e. The average Bonchev–Trinajstić information content (AvgIpc) is 2.35. The monoisotopic (exact) mass is 210 g/mol. The highest BCUT2D eigenvalue weighted by Crippen LogP contribution is 2.28. The Morgan fingerprint density at radius 2 is 2.21 bits per heavy atom. The van der Waals surface area contributed by atoms with E-state index in [2.05, 4.69) is 5.16 Å². The van der Waals surface area contributed by atoms with Crippen LogP contribution >= 0.6 is 0 Å². The lowest BCUT2D eigenvalue weighted by Gasteiger charge is -2.13. The van der Waals surface area contributed by atoms with Gasteiger partial charge in [0.05, 0.1) is 5.92 Å². The number of rotatable bonds is 1. The Kier molecular flexibility index (Phi) is 2.68. The normalized spacial score (nSPS) is 24.6. The SMILES string of the molecule is CN1CCC(C(=NO)C(F)(F)F)C1=O. The number of alkyl halides is 3. The predicted molar refractivity (Wildman–Crippen MR) is 41.0 cm³/mol. The topological polar surface area (TPSA) is 52.9 Å². The van der Waals surface area contributed by atoms with Gasteiger partial charge < -0.3 is 10.1 Å². The maximum Gasteiger partial charge on any atom is 0.433 e. The molecule has 1 heterocycles. The third kappa shape index (κ3) is 1.80. The van der Waals surface area contributed by atoms with Crippen molar-refractivity contribution in [3.8, 4) is 0 Å². The quantitative estimate of drug-likeness (QED) is 0.396. The Balaban J connectivity index is 2.89. The van der Waals surface area contributed by atoms with Gasteiger partial charge in [0.15, 0.2) is 5.71 Å². The van der Waals surface area contributed by atoms with Gasteiger partial charge in [0, 0.05) is 13.6 Å². The van der Waals surface area contributed by atoms with Gasteiger partial charge in [-0.1, -0.05) is 5.16 Å². The molecular weight excluding hydrogens is 201 g/mol. The van der Waals surface area contributed by atoms with E-state index in [4.69, 9.17) is 5.21 Å². The standard InChI is InChI=1S/C7H9F3N2O2/c1-12-3-2-4(6(12)13)5(11-14)7(8,9)10/h4,14H,2-3H2,1H3. The van der Waals surface area contributed by atoms with E-state index in [0.717, 1.165) is 0 Å². The van der Waals surface area contributed by atoms with Crippen LogP contribution in [0.5, 0.6) is 0 Å². The molecule has 1 rings (SSSR count). The van der Waals surface area contributed by atoms with Crippen molar-refractivity contribution in [1.82, 2.24) is 4.90 Å². The van der Waals surface area contributed by atoms with E-state index in [1.165, 1.54) is 11.9 Å². The maximum atomic E-state index is 12.2. The third-order valence-corrected chi connectivity index (χ3v) is 2.16. The molecule has 0 aromatic carbocycles. The number of halogens is 3. The van der Waals surface area contributed by atoms with Crippen LogP contribution in [0.2, 0.25) is 0 Å². The zero-order valence-corrected chi connectivity index (χ0v) is 7.38. The molecule has 7 heteroatoms. The summed E-state index contributed by atoms with van der Waals surface area (Å²) >= 11 is 0. The van der Waals surface area contributed by atoms with Crippen LogP contribution in [0.4, 0.5) is 13.2 Å². The fourth-order valence-electron chi connectivity index (χ4n) is 1.40. The maximum absolute atomic E-state index is 12.2. The number of likely N-dealkylation sites (tertiary alicyclic amines) is 1. The minimum atomic E-state index is -4.75. The van der Waals surface area contributed by atoms with Crippen LogP contribution in [0, 0.1) is 5.92 Å². The van der Waals surface area contributed by atoms with Crippen LogP contribution in [0.15, 0.2) is 5.16 Å². The molecule has 1 aliphatic rings. The first-order chi connectivity index (χ1) is 6.38. The van der Waals surface area contributed by atoms with Crippen molar-refractivity contribution >= 4 is 11.6 Å². The van der Waals surface area contributed by atoms with Gasteiger partial charge in [0.1, 0.15) is 0 Å². The second-order valence-corrected chi connectivity index (χ2v) is 3.08. The molecule has 0 aromatic rings. The van der Waals surface area contributed by atoms with Crippen molar-refractivity contribution in [2.75, 3.05) is 13.6 Å². The summed E-state index contributed by atoms with van der Waals surface area (Å²) in [6.07, 6.45) is -4.71. The van der Waals surface area contributed by atoms with E-state index in [1.54, 1.807) is 0 Å². The molecule has 0 bridgehead atoms. The van der Waals surface area contributed by atoms with Crippen LogP contribution in [0.1, 0.15) is 6.42 Å². The lowest BCUT2D eigenvalue weighted by atomic mass is 10.0. The van der Waals surface area contributed by atoms with Crippen LogP contribution in [0.3, 0.4) is 0 Å². The molecule has 14 heavy (non-hydrogen) atoms. The highest BCUT2D eigenvalue weighted by atomic mass is 19.4. The Bertz CT molecular complexity index is 275. The molecule has 0 aromatic heterocycles. The number of nitrogens with zero attached hydrogens (tertiary/aromatic N) is 2. The summed E-state index contributed by atoms with van der Waals surface area (Å²) in [4.78, 5) is 12.4. The second-order valence-electron chi connectivity index (χ2n) is 3.08. The van der Waals surface area contributed by atoms with Gasteiger partial charge in [-0.15, -0.1) is 0 Å². The molecule has 1 amide bonds. The minimum Gasteiger partial charge on any atom is -0.411 e. The molecule has 1 atom stereocenters. The predicted octanol–water partition coefficient (Wildman–Crippen LogP) is 0.857. The Morgan fingerprint density at radius 3 is 2.50 bits per heavy atom. The van der Waals surface area contributed by atoms with Crippen molar-refractivity contribution in [3.05, 3.63) is 0 Å². The van der Waals surface area contributed by atoms with Crippen molar-refractivity contribution in [3.63, 3.8) is 0 Å². The number of hydrogen-bond acceptors (Lipinski definition) is 3. The van der Waals surface area contributed by atoms with E-state index < -0.39 is 23.7 Å². The summed E-state index contributed by atoms with van der Waals surface area (Å²) in [5.74, 6) is -2.01. The summed E-state index contributed by atoms with van der Waals surface area (Å²) in [5.41, 5.74) is -1.41. The van der Waals surface area contributed by atoms with Gasteiger partial charge in [-0.25, -0.2) is 0 Å². The van der Waals surface area contributed by atoms with Gasteiger partial charge in [0.2, 0.25) is 5.91 Å². The first kappa shape index (κ1) is 10.8. The highest BCUT2D eigenvalue weighted by molar-refractivity contribution is 6.07. The Labute approximate surface area is 78.0 Å². The Hall–Kier alpha value is -1.27. The molecule has 1 N–H and O–H groups in total. The Morgan fingerprint density at radius 1 is 1.64 bits per heavy atom. The molecule has 1 saturated heterocycles. The molecule has 0 aliphatic carbocycles. The van der Waals surface area contributed by atoms with Gasteiger partial charge >= 0.3 is 6.18 Å². The number of amides is 1. The number of hydrogen-bond donors (Lipinski definition) is 1. The first-order valence-corrected chi connectivity index (χ1v) is 3.92. The van der Waals surface area contributed by atoms with Gasteiger partial charge in [-0.3, -0.25) is 4.79 Å². The van der Waals surface area contributed by atoms with Crippen molar-refractivity contribution in [1.29, 1.82) is 0 Å². The lowest BCUT2D eigenvalue weighted by Crippen LogP contribution is -2.35. The summed E-state index contributed by atoms with van der Waals surface area (Å²) in [7, 11) is 1.41. The zero-order valence-electron chi connectivity index (χ0n) is 7.38. The molecule has 0 spiro atoms. The number of oxime groups is 1. The third-order valence-electron chi connectivity index (χ3n) is 2.16. The molecule has 4 nitrogen and oxygen atoms in total. The van der Waals surface area contributed by atoms with Crippen LogP contribution < -0.4 is 0 Å². The molecule has 1 unspecified atom stereocenters. The van der Waals surface area contributed by atoms with Crippen molar-refractivity contribution in [2.24, 2.45) is 11.1 Å². The molecule has 80 valence electrons. The number of carbonyl (C=O) groups is 1. The van der Waals surface area contributed by atoms with E-state index in [1.807, 2.05) is 0 Å². The van der Waals surface area contributed by atoms with E-state index in [-0.39, 0.29) is 13.0 Å². The van der Waals surface area contributed by atoms with Gasteiger partial charge in [0.25, 0.3) is 0 Å². The van der Waals surface area contributed by atoms with Crippen LogP contribution in [-0.2, 0) is 4.79 Å². The van der Waals surface area contributed by atoms with Crippen LogP contribution in [0.25, 0.3) is 0 Å². The molecule has 1 fully saturated rings.